The molecule has 0 spiro atoms. The van der Waals surface area contributed by atoms with E-state index in [1.807, 2.05) is 0 Å². The second-order valence-corrected chi connectivity index (χ2v) is 3.13. The Morgan fingerprint density at radius 1 is 1.69 bits per heavy atom. The lowest BCUT2D eigenvalue weighted by atomic mass is 10.2. The van der Waals surface area contributed by atoms with Crippen molar-refractivity contribution in [3.63, 3.8) is 0 Å². The minimum atomic E-state index is -0.973. The van der Waals surface area contributed by atoms with Crippen LogP contribution in [0.15, 0.2) is 0 Å². The molecule has 0 aromatic carbocycles. The van der Waals surface area contributed by atoms with Crippen LogP contribution in [0.5, 0.6) is 0 Å². The molecule has 0 radical (unpaired) electrons. The molecular weight excluding hydrogens is 170 g/mol. The summed E-state index contributed by atoms with van der Waals surface area (Å²) in [6, 6.07) is 0. The fourth-order valence-electron chi connectivity index (χ4n) is 1.60. The lowest BCUT2D eigenvalue weighted by Gasteiger charge is -2.13. The van der Waals surface area contributed by atoms with Crippen LogP contribution < -0.4 is 5.32 Å². The number of aryl methyl sites for hydroxylation is 1. The maximum atomic E-state index is 10.7. The van der Waals surface area contributed by atoms with Gasteiger partial charge in [0, 0.05) is 13.6 Å². The number of anilines is 1. The molecule has 0 bridgehead atoms. The van der Waals surface area contributed by atoms with Crippen LogP contribution in [0, 0.1) is 0 Å². The molecule has 70 valence electrons. The van der Waals surface area contributed by atoms with Gasteiger partial charge in [0.1, 0.15) is 5.82 Å². The first-order chi connectivity index (χ1) is 6.20. The Morgan fingerprint density at radius 2 is 2.46 bits per heavy atom. The highest BCUT2D eigenvalue weighted by Crippen LogP contribution is 2.21. The summed E-state index contributed by atoms with van der Waals surface area (Å²) >= 11 is 0. The minimum absolute atomic E-state index is 0.111. The molecule has 2 heterocycles. The van der Waals surface area contributed by atoms with E-state index in [1.165, 1.54) is 0 Å². The predicted octanol–water partition coefficient (Wildman–Crippen LogP) is 0.476. The Kier molecular flexibility index (Phi) is 1.72. The van der Waals surface area contributed by atoms with Crippen molar-refractivity contribution in [3.05, 3.63) is 11.5 Å². The molecule has 0 fully saturated rings. The zero-order valence-electron chi connectivity index (χ0n) is 7.37. The molecule has 2 N–H and O–H groups in total. The summed E-state index contributed by atoms with van der Waals surface area (Å²) in [5.41, 5.74) is 0.867. The number of rotatable bonds is 1. The molecule has 13 heavy (non-hydrogen) atoms. The van der Waals surface area contributed by atoms with Gasteiger partial charge in [-0.05, 0) is 12.8 Å². The average Bonchev–Trinajstić information content (AvgIpc) is 2.45. The van der Waals surface area contributed by atoms with E-state index in [0.717, 1.165) is 30.9 Å². The molecule has 5 heteroatoms. The number of aromatic nitrogens is 2. The van der Waals surface area contributed by atoms with Crippen LogP contribution >= 0.6 is 0 Å². The van der Waals surface area contributed by atoms with Gasteiger partial charge in [0.05, 0.1) is 5.69 Å². The van der Waals surface area contributed by atoms with Crippen molar-refractivity contribution in [1.29, 1.82) is 0 Å². The molecule has 1 aliphatic rings. The third-order valence-corrected chi connectivity index (χ3v) is 2.24. The Labute approximate surface area is 75.4 Å². The summed E-state index contributed by atoms with van der Waals surface area (Å²) in [4.78, 5) is 14.8. The van der Waals surface area contributed by atoms with Crippen molar-refractivity contribution < 1.29 is 9.90 Å². The molecule has 0 saturated carbocycles. The van der Waals surface area contributed by atoms with Gasteiger partial charge in [-0.2, -0.15) is 0 Å². The van der Waals surface area contributed by atoms with E-state index < -0.39 is 5.97 Å². The van der Waals surface area contributed by atoms with E-state index in [-0.39, 0.29) is 5.82 Å². The van der Waals surface area contributed by atoms with Crippen molar-refractivity contribution in [2.45, 2.75) is 12.8 Å². The summed E-state index contributed by atoms with van der Waals surface area (Å²) in [5.74, 6) is -0.0123. The Bertz CT molecular complexity index is 357. The van der Waals surface area contributed by atoms with Crippen LogP contribution in [-0.2, 0) is 13.5 Å². The number of carboxylic acid groups (broad SMARTS) is 1. The first-order valence-corrected chi connectivity index (χ1v) is 4.23. The van der Waals surface area contributed by atoms with E-state index in [4.69, 9.17) is 5.11 Å². The van der Waals surface area contributed by atoms with Crippen LogP contribution in [0.25, 0.3) is 0 Å². The number of carboxylic acids is 1. The van der Waals surface area contributed by atoms with E-state index in [9.17, 15) is 4.79 Å². The van der Waals surface area contributed by atoms with Crippen molar-refractivity contribution >= 4 is 11.8 Å². The van der Waals surface area contributed by atoms with Crippen molar-refractivity contribution in [1.82, 2.24) is 9.55 Å². The second-order valence-electron chi connectivity index (χ2n) is 3.13. The predicted molar refractivity (Wildman–Crippen MR) is 47.0 cm³/mol. The summed E-state index contributed by atoms with van der Waals surface area (Å²) in [5, 5.41) is 11.9. The Balaban J connectivity index is 2.50. The highest BCUT2D eigenvalue weighted by molar-refractivity contribution is 5.84. The van der Waals surface area contributed by atoms with E-state index >= 15 is 0 Å². The maximum absolute atomic E-state index is 10.7. The molecule has 2 rings (SSSR count). The van der Waals surface area contributed by atoms with E-state index in [2.05, 4.69) is 10.3 Å². The van der Waals surface area contributed by atoms with Crippen LogP contribution in [-0.4, -0.2) is 27.2 Å². The Morgan fingerprint density at radius 3 is 3.08 bits per heavy atom. The summed E-state index contributed by atoms with van der Waals surface area (Å²) in [6.45, 7) is 0.894. The highest BCUT2D eigenvalue weighted by atomic mass is 16.4. The zero-order chi connectivity index (χ0) is 9.42. The number of hydrogen-bond acceptors (Lipinski definition) is 3. The number of aromatic carboxylic acids is 1. The molecule has 0 saturated heterocycles. The van der Waals surface area contributed by atoms with Gasteiger partial charge in [0.15, 0.2) is 0 Å². The van der Waals surface area contributed by atoms with Gasteiger partial charge < -0.3 is 15.0 Å². The van der Waals surface area contributed by atoms with E-state index in [0.29, 0.717) is 0 Å². The quantitative estimate of drug-likeness (QED) is 0.661. The van der Waals surface area contributed by atoms with Crippen LogP contribution in [0.4, 0.5) is 5.82 Å². The lowest BCUT2D eigenvalue weighted by molar-refractivity contribution is 0.0680. The zero-order valence-corrected chi connectivity index (χ0v) is 7.37. The number of imidazole rings is 1. The van der Waals surface area contributed by atoms with E-state index in [1.54, 1.807) is 11.6 Å². The topological polar surface area (TPSA) is 67.2 Å². The maximum Gasteiger partial charge on any atom is 0.372 e. The summed E-state index contributed by atoms with van der Waals surface area (Å²) in [7, 11) is 1.72. The average molecular weight is 181 g/mol. The molecule has 5 nitrogen and oxygen atoms in total. The third-order valence-electron chi connectivity index (χ3n) is 2.24. The highest BCUT2D eigenvalue weighted by Gasteiger charge is 2.20. The fraction of sp³-hybridized carbons (Fsp3) is 0.500. The van der Waals surface area contributed by atoms with Crippen molar-refractivity contribution in [2.75, 3.05) is 11.9 Å². The Hall–Kier alpha value is -1.52. The molecule has 0 amide bonds. The smallest absolute Gasteiger partial charge is 0.372 e. The van der Waals surface area contributed by atoms with Gasteiger partial charge in [-0.15, -0.1) is 0 Å². The second kappa shape index (κ2) is 2.76. The van der Waals surface area contributed by atoms with Crippen LogP contribution in [0.2, 0.25) is 0 Å². The van der Waals surface area contributed by atoms with Gasteiger partial charge in [-0.25, -0.2) is 9.78 Å². The van der Waals surface area contributed by atoms with Gasteiger partial charge in [-0.3, -0.25) is 0 Å². The van der Waals surface area contributed by atoms with Gasteiger partial charge in [-0.1, -0.05) is 0 Å². The number of nitrogens with one attached hydrogen (secondary N) is 1. The molecule has 1 aromatic rings. The molecule has 0 aliphatic carbocycles. The molecular formula is C8H11N3O2. The monoisotopic (exact) mass is 181 g/mol. The first kappa shape index (κ1) is 8.10. The van der Waals surface area contributed by atoms with Gasteiger partial charge in [0.2, 0.25) is 5.82 Å². The third kappa shape index (κ3) is 1.16. The largest absolute Gasteiger partial charge is 0.475 e. The first-order valence-electron chi connectivity index (χ1n) is 4.23. The SMILES string of the molecule is Cn1c(C(=O)O)nc2c1NCCC2. The number of carbonyl (C=O) groups is 1. The van der Waals surface area contributed by atoms with Crippen LogP contribution in [0.3, 0.4) is 0 Å². The molecule has 0 unspecified atom stereocenters. The minimum Gasteiger partial charge on any atom is -0.475 e. The number of nitrogens with zero attached hydrogens (tertiary/aromatic N) is 2. The van der Waals surface area contributed by atoms with Crippen molar-refractivity contribution in [2.24, 2.45) is 7.05 Å². The lowest BCUT2D eigenvalue weighted by Crippen LogP contribution is -2.14. The molecule has 0 atom stereocenters. The number of fused-ring (bicyclic) bond motifs is 1. The summed E-state index contributed by atoms with van der Waals surface area (Å²) in [6.07, 6.45) is 1.88. The standard InChI is InChI=1S/C8H11N3O2/c1-11-6-5(3-2-4-9-6)10-7(11)8(12)13/h9H,2-4H2,1H3,(H,12,13). The number of hydrogen-bond donors (Lipinski definition) is 2. The van der Waals surface area contributed by atoms with Gasteiger partial charge >= 0.3 is 5.97 Å². The normalized spacial score (nSPS) is 14.8. The molecule has 1 aliphatic heterocycles. The summed E-state index contributed by atoms with van der Waals surface area (Å²) < 4.78 is 1.59. The van der Waals surface area contributed by atoms with Gasteiger partial charge in [0.25, 0.3) is 0 Å². The molecule has 1 aromatic heterocycles. The van der Waals surface area contributed by atoms with Crippen LogP contribution in [0.1, 0.15) is 22.7 Å². The van der Waals surface area contributed by atoms with Crippen molar-refractivity contribution in [3.8, 4) is 0 Å². The fourth-order valence-corrected chi connectivity index (χ4v) is 1.60.